The number of sulfonamides is 1. The number of hydrogen-bond donors (Lipinski definition) is 2. The molecular formula is C19H17N3O4S. The highest BCUT2D eigenvalue weighted by Gasteiger charge is 2.13. The van der Waals surface area contributed by atoms with E-state index in [4.69, 9.17) is 4.74 Å². The van der Waals surface area contributed by atoms with E-state index in [-0.39, 0.29) is 4.90 Å². The van der Waals surface area contributed by atoms with Crippen LogP contribution in [0.4, 0.5) is 17.2 Å². The van der Waals surface area contributed by atoms with E-state index < -0.39 is 16.0 Å². The highest BCUT2D eigenvalue weighted by Crippen LogP contribution is 2.20. The molecule has 8 heteroatoms. The zero-order valence-corrected chi connectivity index (χ0v) is 15.2. The first-order valence-corrected chi connectivity index (χ1v) is 9.45. The van der Waals surface area contributed by atoms with Crippen LogP contribution in [0.2, 0.25) is 0 Å². The van der Waals surface area contributed by atoms with Crippen LogP contribution in [0.3, 0.4) is 0 Å². The van der Waals surface area contributed by atoms with Crippen molar-refractivity contribution in [3.63, 3.8) is 0 Å². The highest BCUT2D eigenvalue weighted by molar-refractivity contribution is 7.92. The van der Waals surface area contributed by atoms with Crippen LogP contribution >= 0.6 is 0 Å². The number of rotatable bonds is 6. The van der Waals surface area contributed by atoms with Crippen molar-refractivity contribution >= 4 is 33.2 Å². The Morgan fingerprint density at radius 2 is 1.74 bits per heavy atom. The van der Waals surface area contributed by atoms with E-state index in [1.807, 2.05) is 0 Å². The predicted octanol–water partition coefficient (Wildman–Crippen LogP) is 3.41. The van der Waals surface area contributed by atoms with Crippen molar-refractivity contribution in [1.29, 1.82) is 0 Å². The summed E-state index contributed by atoms with van der Waals surface area (Å²) in [6.07, 6.45) is 1.41. The lowest BCUT2D eigenvalue weighted by Gasteiger charge is -2.10. The number of anilines is 3. The van der Waals surface area contributed by atoms with Gasteiger partial charge >= 0.3 is 5.97 Å². The molecule has 3 aromatic rings. The van der Waals surface area contributed by atoms with Gasteiger partial charge in [-0.3, -0.25) is 4.72 Å². The molecule has 7 nitrogen and oxygen atoms in total. The third-order valence-electron chi connectivity index (χ3n) is 3.63. The second-order valence-electron chi connectivity index (χ2n) is 5.55. The molecule has 0 fully saturated rings. The Hall–Kier alpha value is -3.39. The average Bonchev–Trinajstić information content (AvgIpc) is 2.69. The maximum Gasteiger partial charge on any atom is 0.337 e. The van der Waals surface area contributed by atoms with E-state index >= 15 is 0 Å². The van der Waals surface area contributed by atoms with Gasteiger partial charge < -0.3 is 10.1 Å². The van der Waals surface area contributed by atoms with Gasteiger partial charge in [-0.05, 0) is 42.5 Å². The maximum absolute atomic E-state index is 12.3. The first-order valence-electron chi connectivity index (χ1n) is 7.97. The summed E-state index contributed by atoms with van der Waals surface area (Å²) < 4.78 is 31.8. The number of nitrogens with zero attached hydrogens (tertiary/aromatic N) is 1. The Bertz CT molecular complexity index is 1040. The fourth-order valence-corrected chi connectivity index (χ4v) is 3.40. The number of aromatic nitrogens is 1. The molecule has 0 saturated heterocycles. The Morgan fingerprint density at radius 3 is 2.41 bits per heavy atom. The van der Waals surface area contributed by atoms with Crippen LogP contribution in [0.25, 0.3) is 0 Å². The normalized spacial score (nSPS) is 10.9. The predicted molar refractivity (Wildman–Crippen MR) is 103 cm³/mol. The summed E-state index contributed by atoms with van der Waals surface area (Å²) >= 11 is 0. The van der Waals surface area contributed by atoms with Crippen molar-refractivity contribution in [2.24, 2.45) is 0 Å². The van der Waals surface area contributed by atoms with Gasteiger partial charge in [-0.2, -0.15) is 0 Å². The monoisotopic (exact) mass is 383 g/mol. The molecule has 0 atom stereocenters. The molecule has 0 aliphatic heterocycles. The van der Waals surface area contributed by atoms with Crippen LogP contribution < -0.4 is 10.0 Å². The summed E-state index contributed by atoms with van der Waals surface area (Å²) in [5.74, 6) is 0.0666. The smallest absolute Gasteiger partial charge is 0.337 e. The Balaban J connectivity index is 1.72. The SMILES string of the molecule is COC(=O)c1cccc(Nc2ccc(NS(=O)(=O)c3ccccc3)cn2)c1. The van der Waals surface area contributed by atoms with Crippen molar-refractivity contribution in [2.45, 2.75) is 4.90 Å². The van der Waals surface area contributed by atoms with Gasteiger partial charge in [-0.15, -0.1) is 0 Å². The molecule has 0 aliphatic rings. The van der Waals surface area contributed by atoms with Gasteiger partial charge in [0.05, 0.1) is 29.5 Å². The number of pyridine rings is 1. The van der Waals surface area contributed by atoms with Crippen molar-refractivity contribution in [1.82, 2.24) is 4.98 Å². The molecule has 138 valence electrons. The summed E-state index contributed by atoms with van der Waals surface area (Å²) in [4.78, 5) is 15.9. The van der Waals surface area contributed by atoms with Crippen LogP contribution in [-0.2, 0) is 14.8 Å². The molecule has 0 saturated carbocycles. The molecule has 27 heavy (non-hydrogen) atoms. The molecule has 0 spiro atoms. The quantitative estimate of drug-likeness (QED) is 0.633. The van der Waals surface area contributed by atoms with Gasteiger partial charge in [0.2, 0.25) is 0 Å². The van der Waals surface area contributed by atoms with Gasteiger partial charge in [-0.25, -0.2) is 18.2 Å². The van der Waals surface area contributed by atoms with Crippen LogP contribution in [0, 0.1) is 0 Å². The van der Waals surface area contributed by atoms with Crippen molar-refractivity contribution in [3.05, 3.63) is 78.5 Å². The van der Waals surface area contributed by atoms with E-state index in [1.165, 1.54) is 25.4 Å². The summed E-state index contributed by atoms with van der Waals surface area (Å²) in [7, 11) is -2.35. The number of hydrogen-bond acceptors (Lipinski definition) is 6. The second kappa shape index (κ2) is 7.88. The summed E-state index contributed by atoms with van der Waals surface area (Å²) in [6.45, 7) is 0. The van der Waals surface area contributed by atoms with E-state index in [1.54, 1.807) is 54.6 Å². The third kappa shape index (κ3) is 4.62. The summed E-state index contributed by atoms with van der Waals surface area (Å²) in [5.41, 5.74) is 1.41. The van der Waals surface area contributed by atoms with E-state index in [0.717, 1.165) is 0 Å². The van der Waals surface area contributed by atoms with Gasteiger partial charge in [0.15, 0.2) is 0 Å². The molecule has 1 aromatic heterocycles. The van der Waals surface area contributed by atoms with Crippen LogP contribution in [-0.4, -0.2) is 26.5 Å². The molecule has 0 radical (unpaired) electrons. The first kappa shape index (κ1) is 18.4. The first-order chi connectivity index (χ1) is 13.0. The summed E-state index contributed by atoms with van der Waals surface area (Å²) in [6, 6.07) is 18.1. The average molecular weight is 383 g/mol. The number of carbonyl (C=O) groups excluding carboxylic acids is 1. The Morgan fingerprint density at radius 1 is 0.963 bits per heavy atom. The third-order valence-corrected chi connectivity index (χ3v) is 5.02. The number of benzene rings is 2. The van der Waals surface area contributed by atoms with Crippen LogP contribution in [0.1, 0.15) is 10.4 Å². The zero-order chi connectivity index (χ0) is 19.3. The summed E-state index contributed by atoms with van der Waals surface area (Å²) in [5, 5.41) is 3.05. The Kier molecular flexibility index (Phi) is 5.37. The largest absolute Gasteiger partial charge is 0.465 e. The van der Waals surface area contributed by atoms with E-state index in [2.05, 4.69) is 15.0 Å². The molecule has 0 unspecified atom stereocenters. The van der Waals surface area contributed by atoms with Crippen LogP contribution in [0.15, 0.2) is 77.8 Å². The number of esters is 1. The molecular weight excluding hydrogens is 366 g/mol. The number of methoxy groups -OCH3 is 1. The Labute approximate surface area is 157 Å². The topological polar surface area (TPSA) is 97.4 Å². The molecule has 0 aliphatic carbocycles. The fraction of sp³-hybridized carbons (Fsp3) is 0.0526. The van der Waals surface area contributed by atoms with Crippen molar-refractivity contribution in [2.75, 3.05) is 17.1 Å². The number of carbonyl (C=O) groups is 1. The van der Waals surface area contributed by atoms with Crippen molar-refractivity contribution < 1.29 is 17.9 Å². The molecule has 3 rings (SSSR count). The molecule has 1 heterocycles. The van der Waals surface area contributed by atoms with Gasteiger partial charge in [0.1, 0.15) is 5.82 Å². The van der Waals surface area contributed by atoms with Crippen LogP contribution in [0.5, 0.6) is 0 Å². The molecule has 2 aromatic carbocycles. The minimum absolute atomic E-state index is 0.173. The van der Waals surface area contributed by atoms with Gasteiger partial charge in [0, 0.05) is 5.69 Å². The fourth-order valence-electron chi connectivity index (χ4n) is 2.33. The zero-order valence-electron chi connectivity index (χ0n) is 14.4. The minimum Gasteiger partial charge on any atom is -0.465 e. The van der Waals surface area contributed by atoms with Gasteiger partial charge in [-0.1, -0.05) is 24.3 Å². The van der Waals surface area contributed by atoms with E-state index in [9.17, 15) is 13.2 Å². The maximum atomic E-state index is 12.3. The minimum atomic E-state index is -3.66. The molecule has 0 bridgehead atoms. The molecule has 2 N–H and O–H groups in total. The standard InChI is InChI=1S/C19H17N3O4S/c1-26-19(23)14-6-5-7-15(12-14)21-18-11-10-16(13-20-18)22-27(24,25)17-8-3-2-4-9-17/h2-13,22H,1H3,(H,20,21). The second-order valence-corrected chi connectivity index (χ2v) is 7.23. The van der Waals surface area contributed by atoms with Crippen molar-refractivity contribution in [3.8, 4) is 0 Å². The molecule has 0 amide bonds. The van der Waals surface area contributed by atoms with Gasteiger partial charge in [0.25, 0.3) is 10.0 Å². The lowest BCUT2D eigenvalue weighted by molar-refractivity contribution is 0.0601. The number of nitrogens with one attached hydrogen (secondary N) is 2. The highest BCUT2D eigenvalue weighted by atomic mass is 32.2. The number of ether oxygens (including phenoxy) is 1. The lowest BCUT2D eigenvalue weighted by Crippen LogP contribution is -2.13. The van der Waals surface area contributed by atoms with E-state index in [0.29, 0.717) is 22.8 Å². The lowest BCUT2D eigenvalue weighted by atomic mass is 10.2.